The van der Waals surface area contributed by atoms with Gasteiger partial charge in [0.05, 0.1) is 0 Å². The maximum Gasteiger partial charge on any atom is 0.303 e. The molecular weight excluding hydrogens is 460 g/mol. The minimum Gasteiger partial charge on any atom is -0.481 e. The summed E-state index contributed by atoms with van der Waals surface area (Å²) >= 11 is 0. The number of esters is 1. The molecule has 210 valence electrons. The summed E-state index contributed by atoms with van der Waals surface area (Å²) < 4.78 is 5.89. The average Bonchev–Trinajstić information content (AvgIpc) is 2.75. The average molecular weight is 515 g/mol. The highest BCUT2D eigenvalue weighted by Crippen LogP contribution is 2.73. The Morgan fingerprint density at radius 2 is 1.73 bits per heavy atom. The summed E-state index contributed by atoms with van der Waals surface area (Å²) in [6.45, 7) is 18.8. The van der Waals surface area contributed by atoms with Crippen LogP contribution in [0.5, 0.6) is 0 Å². The molecule has 4 unspecified atom stereocenters. The molecule has 4 aliphatic carbocycles. The van der Waals surface area contributed by atoms with Gasteiger partial charge in [0.1, 0.15) is 6.10 Å². The second kappa shape index (κ2) is 9.70. The second-order valence-corrected chi connectivity index (χ2v) is 15.5. The number of aliphatic carboxylic acids is 1. The Labute approximate surface area is 226 Å². The Hall–Kier alpha value is -1.32. The summed E-state index contributed by atoms with van der Waals surface area (Å²) in [5.41, 5.74) is 2.69. The third-order valence-electron chi connectivity index (χ3n) is 12.5. The molecule has 0 radical (unpaired) electrons. The first-order valence-corrected chi connectivity index (χ1v) is 15.2. The zero-order valence-corrected chi connectivity index (χ0v) is 25.0. The van der Waals surface area contributed by atoms with Gasteiger partial charge in [-0.2, -0.15) is 0 Å². The third-order valence-corrected chi connectivity index (χ3v) is 12.5. The molecule has 0 aromatic carbocycles. The topological polar surface area (TPSA) is 63.6 Å². The molecule has 0 amide bonds. The van der Waals surface area contributed by atoms with Crippen LogP contribution in [-0.2, 0) is 14.3 Å². The van der Waals surface area contributed by atoms with E-state index in [-0.39, 0.29) is 40.2 Å². The maximum absolute atomic E-state index is 11.9. The molecule has 0 heterocycles. The van der Waals surface area contributed by atoms with Gasteiger partial charge in [0.2, 0.25) is 0 Å². The lowest BCUT2D eigenvalue weighted by Gasteiger charge is -2.70. The molecule has 0 aliphatic heterocycles. The molecule has 4 nitrogen and oxygen atoms in total. The minimum atomic E-state index is -0.677. The van der Waals surface area contributed by atoms with Crippen molar-refractivity contribution in [2.75, 3.05) is 0 Å². The number of carbonyl (C=O) groups is 2. The molecule has 37 heavy (non-hydrogen) atoms. The molecule has 0 aromatic heterocycles. The predicted molar refractivity (Wildman–Crippen MR) is 149 cm³/mol. The van der Waals surface area contributed by atoms with Crippen molar-refractivity contribution in [3.63, 3.8) is 0 Å². The Morgan fingerprint density at radius 1 is 1.03 bits per heavy atom. The van der Waals surface area contributed by atoms with Gasteiger partial charge in [0, 0.05) is 18.8 Å². The number of carbonyl (C=O) groups excluding carboxylic acids is 1. The Balaban J connectivity index is 1.60. The summed E-state index contributed by atoms with van der Waals surface area (Å²) in [6.07, 6.45) is 15.6. The van der Waals surface area contributed by atoms with Crippen LogP contribution in [0.15, 0.2) is 11.6 Å². The standard InChI is InChI=1S/C33H54O4/c1-22(34)37-27-16-19-31(6)25(30(27,4)5)15-20-33(8)26(31)14-13-24-23(11-9-18-32(24,33)7)21-29(2,3)17-10-12-28(35)36/h13,23,25-27H,9-12,14-21H2,1-8H3,(H,35,36)/t23?,25?,26-,27?,31?,32-,33-/m1/s1. The molecular formula is C33H54O4. The van der Waals surface area contributed by atoms with Gasteiger partial charge in [-0.15, -0.1) is 0 Å². The fraction of sp³-hybridized carbons (Fsp3) is 0.879. The van der Waals surface area contributed by atoms with Crippen molar-refractivity contribution in [1.82, 2.24) is 0 Å². The largest absolute Gasteiger partial charge is 0.481 e. The van der Waals surface area contributed by atoms with E-state index in [4.69, 9.17) is 9.84 Å². The lowest BCUT2D eigenvalue weighted by atomic mass is 9.35. The smallest absolute Gasteiger partial charge is 0.303 e. The highest BCUT2D eigenvalue weighted by atomic mass is 16.5. The first kappa shape index (κ1) is 28.7. The summed E-state index contributed by atoms with van der Waals surface area (Å²) in [5, 5.41) is 9.12. The van der Waals surface area contributed by atoms with E-state index in [9.17, 15) is 9.59 Å². The second-order valence-electron chi connectivity index (χ2n) is 15.5. The lowest BCUT2D eigenvalue weighted by Crippen LogP contribution is -2.63. The van der Waals surface area contributed by atoms with Crippen molar-refractivity contribution in [1.29, 1.82) is 0 Å². The zero-order valence-electron chi connectivity index (χ0n) is 25.0. The van der Waals surface area contributed by atoms with Crippen LogP contribution in [-0.4, -0.2) is 23.1 Å². The molecule has 4 aliphatic rings. The first-order valence-electron chi connectivity index (χ1n) is 15.2. The number of fused-ring (bicyclic) bond motifs is 5. The van der Waals surface area contributed by atoms with Gasteiger partial charge in [0.15, 0.2) is 0 Å². The first-order chi connectivity index (χ1) is 17.1. The number of carboxylic acids is 1. The molecule has 4 heteroatoms. The van der Waals surface area contributed by atoms with Crippen molar-refractivity contribution in [3.05, 3.63) is 11.6 Å². The van der Waals surface area contributed by atoms with Crippen molar-refractivity contribution >= 4 is 11.9 Å². The third kappa shape index (κ3) is 4.82. The number of hydrogen-bond donors (Lipinski definition) is 1. The SMILES string of the molecule is CC(=O)OC1CCC2(C)C(CC[C@]3(C)[C@@H]2CC=C2C(CC(C)(C)CCCC(=O)O)CCC[C@]23C)C1(C)C. The van der Waals surface area contributed by atoms with Gasteiger partial charge in [-0.25, -0.2) is 0 Å². The number of rotatable bonds is 7. The highest BCUT2D eigenvalue weighted by molar-refractivity contribution is 5.66. The van der Waals surface area contributed by atoms with E-state index < -0.39 is 5.97 Å². The Morgan fingerprint density at radius 3 is 2.38 bits per heavy atom. The number of hydrogen-bond acceptors (Lipinski definition) is 3. The van der Waals surface area contributed by atoms with Gasteiger partial charge in [-0.1, -0.05) is 66.5 Å². The van der Waals surface area contributed by atoms with Crippen molar-refractivity contribution in [2.45, 2.75) is 139 Å². The Kier molecular flexibility index (Phi) is 7.52. The normalized spacial score (nSPS) is 41.0. The van der Waals surface area contributed by atoms with Crippen LogP contribution in [0.3, 0.4) is 0 Å². The molecule has 7 atom stereocenters. The summed E-state index contributed by atoms with van der Waals surface area (Å²) in [5.74, 6) is 1.04. The Bertz CT molecular complexity index is 931. The molecule has 3 fully saturated rings. The van der Waals surface area contributed by atoms with E-state index in [0.29, 0.717) is 23.2 Å². The van der Waals surface area contributed by atoms with Crippen molar-refractivity contribution in [3.8, 4) is 0 Å². The van der Waals surface area contributed by atoms with Gasteiger partial charge in [0.25, 0.3) is 0 Å². The summed E-state index contributed by atoms with van der Waals surface area (Å²) in [7, 11) is 0. The molecule has 1 N–H and O–H groups in total. The van der Waals surface area contributed by atoms with Crippen LogP contribution < -0.4 is 0 Å². The van der Waals surface area contributed by atoms with Crippen LogP contribution in [0.2, 0.25) is 0 Å². The monoisotopic (exact) mass is 514 g/mol. The minimum absolute atomic E-state index is 0.0000274. The number of ether oxygens (including phenoxy) is 1. The fourth-order valence-electron chi connectivity index (χ4n) is 10.5. The molecule has 0 saturated heterocycles. The zero-order chi connectivity index (χ0) is 27.4. The number of allylic oxidation sites excluding steroid dienone is 2. The summed E-state index contributed by atoms with van der Waals surface area (Å²) in [4.78, 5) is 23.0. The van der Waals surface area contributed by atoms with Crippen molar-refractivity contribution in [2.24, 2.45) is 44.8 Å². The van der Waals surface area contributed by atoms with Crippen LogP contribution >= 0.6 is 0 Å². The molecule has 3 saturated carbocycles. The summed E-state index contributed by atoms with van der Waals surface area (Å²) in [6, 6.07) is 0. The van der Waals surface area contributed by atoms with E-state index in [1.807, 2.05) is 0 Å². The lowest BCUT2D eigenvalue weighted by molar-refractivity contribution is -0.208. The van der Waals surface area contributed by atoms with Crippen molar-refractivity contribution < 1.29 is 19.4 Å². The van der Waals surface area contributed by atoms with Gasteiger partial charge >= 0.3 is 11.9 Å². The van der Waals surface area contributed by atoms with E-state index in [1.165, 1.54) is 44.9 Å². The van der Waals surface area contributed by atoms with Gasteiger partial charge < -0.3 is 9.84 Å². The number of carboxylic acid groups (broad SMARTS) is 1. The molecule has 0 aromatic rings. The van der Waals surface area contributed by atoms with Crippen LogP contribution in [0.4, 0.5) is 0 Å². The van der Waals surface area contributed by atoms with Gasteiger partial charge in [-0.05, 0) is 104 Å². The van der Waals surface area contributed by atoms with Crippen LogP contribution in [0, 0.1) is 44.8 Å². The van der Waals surface area contributed by atoms with E-state index in [1.54, 1.807) is 12.5 Å². The molecule has 0 bridgehead atoms. The van der Waals surface area contributed by atoms with E-state index in [0.717, 1.165) is 25.7 Å². The van der Waals surface area contributed by atoms with E-state index in [2.05, 4.69) is 54.5 Å². The highest BCUT2D eigenvalue weighted by Gasteiger charge is 2.66. The molecule has 0 spiro atoms. The van der Waals surface area contributed by atoms with E-state index >= 15 is 0 Å². The quantitative estimate of drug-likeness (QED) is 0.273. The predicted octanol–water partition coefficient (Wildman–Crippen LogP) is 8.58. The fourth-order valence-corrected chi connectivity index (χ4v) is 10.5. The van der Waals surface area contributed by atoms with Crippen LogP contribution in [0.25, 0.3) is 0 Å². The van der Waals surface area contributed by atoms with Gasteiger partial charge in [-0.3, -0.25) is 9.59 Å². The molecule has 4 rings (SSSR count). The van der Waals surface area contributed by atoms with Crippen LogP contribution in [0.1, 0.15) is 132 Å². The maximum atomic E-state index is 11.9.